The number of rotatable bonds is 0. The molecule has 0 aromatic rings. The molecule has 0 aromatic heterocycles. The van der Waals surface area contributed by atoms with Crippen molar-refractivity contribution in [3.63, 3.8) is 0 Å². The molecule has 0 atom stereocenters. The van der Waals surface area contributed by atoms with Crippen LogP contribution in [0.2, 0.25) is 0 Å². The quantitative estimate of drug-likeness (QED) is 0.426. The minimum absolute atomic E-state index is 0. The van der Waals surface area contributed by atoms with Crippen LogP contribution < -0.4 is 0 Å². The normalized spacial score (nSPS) is 14.8. The van der Waals surface area contributed by atoms with Gasteiger partial charge in [-0.15, -0.1) is 12.8 Å². The van der Waals surface area contributed by atoms with Crippen molar-refractivity contribution < 1.29 is 27.3 Å². The Morgan fingerprint density at radius 3 is 1.38 bits per heavy atom. The first kappa shape index (κ1) is 18.2. The van der Waals surface area contributed by atoms with Crippen LogP contribution >= 0.6 is 0 Å². The Labute approximate surface area is 121 Å². The zero-order valence-corrected chi connectivity index (χ0v) is 14.2. The van der Waals surface area contributed by atoms with Gasteiger partial charge >= 0.3 is 25.8 Å². The molecule has 0 fully saturated rings. The van der Waals surface area contributed by atoms with E-state index in [1.54, 1.807) is 0 Å². The second kappa shape index (κ2) is 11.3. The summed E-state index contributed by atoms with van der Waals surface area (Å²) in [5, 5.41) is 0. The van der Waals surface area contributed by atoms with Crippen LogP contribution in [0, 0.1) is 24.5 Å². The largest absolute Gasteiger partial charge is 4.00 e. The van der Waals surface area contributed by atoms with Gasteiger partial charge < -0.3 is 8.35 Å². The van der Waals surface area contributed by atoms with Gasteiger partial charge in [-0.2, -0.15) is 17.6 Å². The van der Waals surface area contributed by atoms with Gasteiger partial charge in [0.2, 0.25) is 0 Å². The summed E-state index contributed by atoms with van der Waals surface area (Å²) in [6, 6.07) is 0. The standard InChI is InChI=1S/2C5H5.C5H11.Hf.H/c2*1-2-4-5-3-1;1-5(2,3)4;;/h2*1-3H,4H2;1H2,2-4H3;;/q3*-1;+4;-1. The maximum atomic E-state index is 3.77. The van der Waals surface area contributed by atoms with Crippen molar-refractivity contribution in [3.05, 3.63) is 55.5 Å². The average Bonchev–Trinajstić information content (AvgIpc) is 2.81. The summed E-state index contributed by atoms with van der Waals surface area (Å²) in [7, 11) is 0. The zero-order chi connectivity index (χ0) is 11.6. The predicted octanol–water partition coefficient (Wildman–Crippen LogP) is 4.59. The SMILES string of the molecule is [C-]1=CC=CC1.[C-]1=CC=CC1.[CH2-]C(C)(C)C.[H-].[Hf+4]. The van der Waals surface area contributed by atoms with E-state index >= 15 is 0 Å². The molecule has 0 radical (unpaired) electrons. The minimum atomic E-state index is 0. The summed E-state index contributed by atoms with van der Waals surface area (Å²) in [5.41, 5.74) is 0.250. The Kier molecular flexibility index (Phi) is 12.9. The third-order valence-electron chi connectivity index (χ3n) is 1.17. The van der Waals surface area contributed by atoms with Crippen molar-refractivity contribution in [2.24, 2.45) is 5.41 Å². The van der Waals surface area contributed by atoms with Gasteiger partial charge in [-0.3, -0.25) is 12.2 Å². The van der Waals surface area contributed by atoms with Crippen LogP contribution in [0.1, 0.15) is 35.0 Å². The van der Waals surface area contributed by atoms with Gasteiger partial charge in [0.1, 0.15) is 0 Å². The Bertz CT molecular complexity index is 207. The van der Waals surface area contributed by atoms with Crippen molar-refractivity contribution in [2.45, 2.75) is 33.6 Å². The first-order valence-corrected chi connectivity index (χ1v) is 5.29. The van der Waals surface area contributed by atoms with E-state index in [1.165, 1.54) is 0 Å². The van der Waals surface area contributed by atoms with Crippen LogP contribution in [0.4, 0.5) is 0 Å². The Balaban J connectivity index is -0.000000163. The summed E-state index contributed by atoms with van der Waals surface area (Å²) in [4.78, 5) is 0. The molecule has 0 saturated carbocycles. The molecule has 86 valence electrons. The summed E-state index contributed by atoms with van der Waals surface area (Å²) in [6.45, 7) is 10.0. The number of hydrogen-bond acceptors (Lipinski definition) is 0. The molecule has 2 aliphatic rings. The zero-order valence-electron chi connectivity index (χ0n) is 11.6. The molecule has 0 unspecified atom stereocenters. The minimum Gasteiger partial charge on any atom is -1.00 e. The molecule has 0 amide bonds. The molecule has 0 saturated heterocycles. The monoisotopic (exact) mass is 382 g/mol. The van der Waals surface area contributed by atoms with Crippen molar-refractivity contribution in [2.75, 3.05) is 0 Å². The van der Waals surface area contributed by atoms with Crippen LogP contribution in [0.25, 0.3) is 0 Å². The number of hydrogen-bond donors (Lipinski definition) is 0. The Hall–Kier alpha value is -0.170. The van der Waals surface area contributed by atoms with Gasteiger partial charge in [-0.1, -0.05) is 20.8 Å². The van der Waals surface area contributed by atoms with Crippen LogP contribution in [0.3, 0.4) is 0 Å². The van der Waals surface area contributed by atoms with E-state index in [0.29, 0.717) is 0 Å². The maximum Gasteiger partial charge on any atom is 4.00 e. The molecule has 0 bridgehead atoms. The summed E-state index contributed by atoms with van der Waals surface area (Å²) in [5.74, 6) is 0. The average molecular weight is 381 g/mol. The molecule has 0 heterocycles. The fourth-order valence-electron chi connectivity index (χ4n) is 0.680. The molecule has 2 aliphatic carbocycles. The fraction of sp³-hybridized carbons (Fsp3) is 0.400. The third-order valence-corrected chi connectivity index (χ3v) is 1.17. The van der Waals surface area contributed by atoms with E-state index in [0.717, 1.165) is 12.8 Å². The summed E-state index contributed by atoms with van der Waals surface area (Å²) < 4.78 is 0. The van der Waals surface area contributed by atoms with E-state index in [9.17, 15) is 0 Å². The van der Waals surface area contributed by atoms with Gasteiger partial charge in [-0.25, -0.2) is 24.3 Å². The van der Waals surface area contributed by atoms with E-state index in [-0.39, 0.29) is 32.7 Å². The van der Waals surface area contributed by atoms with E-state index in [1.807, 2.05) is 24.3 Å². The molecule has 0 nitrogen and oxygen atoms in total. The summed E-state index contributed by atoms with van der Waals surface area (Å²) >= 11 is 0. The van der Waals surface area contributed by atoms with Gasteiger partial charge in [0, 0.05) is 0 Å². The van der Waals surface area contributed by atoms with Crippen LogP contribution in [0.5, 0.6) is 0 Å². The second-order valence-electron chi connectivity index (χ2n) is 4.57. The van der Waals surface area contributed by atoms with Crippen molar-refractivity contribution in [1.29, 1.82) is 0 Å². The van der Waals surface area contributed by atoms with Crippen LogP contribution in [-0.2, 0) is 25.8 Å². The fourth-order valence-corrected chi connectivity index (χ4v) is 0.680. The predicted molar refractivity (Wildman–Crippen MR) is 69.1 cm³/mol. The van der Waals surface area contributed by atoms with E-state index in [2.05, 4.69) is 52.0 Å². The smallest absolute Gasteiger partial charge is 1.00 e. The molecule has 0 N–H and O–H groups in total. The maximum absolute atomic E-state index is 3.77. The molecule has 16 heavy (non-hydrogen) atoms. The second-order valence-corrected chi connectivity index (χ2v) is 4.57. The van der Waals surface area contributed by atoms with E-state index in [4.69, 9.17) is 0 Å². The molecule has 2 rings (SSSR count). The van der Waals surface area contributed by atoms with Gasteiger partial charge in [-0.05, 0) is 0 Å². The molecular weight excluding hydrogens is 359 g/mol. The Morgan fingerprint density at radius 2 is 1.31 bits per heavy atom. The first-order chi connectivity index (χ1) is 7.00. The van der Waals surface area contributed by atoms with Crippen LogP contribution in [-0.4, -0.2) is 0 Å². The van der Waals surface area contributed by atoms with Crippen molar-refractivity contribution in [3.8, 4) is 0 Å². The molecule has 0 aromatic carbocycles. The van der Waals surface area contributed by atoms with Gasteiger partial charge in [0.25, 0.3) is 0 Å². The van der Waals surface area contributed by atoms with Gasteiger partial charge in [0.15, 0.2) is 0 Å². The third kappa shape index (κ3) is 23.6. The Morgan fingerprint density at radius 1 is 1.00 bits per heavy atom. The molecular formula is C15H22Hf. The van der Waals surface area contributed by atoms with Crippen molar-refractivity contribution in [1.82, 2.24) is 0 Å². The van der Waals surface area contributed by atoms with Crippen molar-refractivity contribution >= 4 is 0 Å². The van der Waals surface area contributed by atoms with E-state index < -0.39 is 0 Å². The summed E-state index contributed by atoms with van der Waals surface area (Å²) in [6.07, 6.45) is 20.0. The molecule has 0 aliphatic heterocycles. The molecule has 0 spiro atoms. The molecule has 1 heteroatoms. The van der Waals surface area contributed by atoms with Gasteiger partial charge in [0.05, 0.1) is 0 Å². The number of allylic oxidation sites excluding steroid dienone is 8. The van der Waals surface area contributed by atoms with Crippen LogP contribution in [0.15, 0.2) is 36.5 Å². The first-order valence-electron chi connectivity index (χ1n) is 5.29. The topological polar surface area (TPSA) is 0 Å².